The molecule has 6 rings (SSSR count). The molecule has 0 amide bonds. The Morgan fingerprint density at radius 2 is 1.37 bits per heavy atom. The number of nitrogen functional groups attached to an aromatic ring is 1. The van der Waals surface area contributed by atoms with Crippen molar-refractivity contribution in [2.24, 2.45) is 0 Å². The van der Waals surface area contributed by atoms with E-state index >= 15 is 0 Å². The van der Waals surface area contributed by atoms with Crippen molar-refractivity contribution in [2.75, 3.05) is 17.7 Å². The van der Waals surface area contributed by atoms with Gasteiger partial charge in [0.2, 0.25) is 5.52 Å². The SMILES string of the molecule is Nc1nc(N[C@@H]2O[C@H](COCc3ccccc3)[C@@H](OCc3ccccc3)[C@@H]2OCc2ccccc2)c2[nH]c[nH+]c2n1. The molecule has 10 nitrogen and oxygen atoms in total. The number of hydrogen-bond acceptors (Lipinski definition) is 8. The summed E-state index contributed by atoms with van der Waals surface area (Å²) in [5, 5.41) is 3.40. The van der Waals surface area contributed by atoms with Crippen LogP contribution in [0.15, 0.2) is 97.3 Å². The van der Waals surface area contributed by atoms with Crippen LogP contribution in [0.5, 0.6) is 0 Å². The fraction of sp³-hybridized carbons (Fsp3) is 0.258. The molecule has 4 atom stereocenters. The van der Waals surface area contributed by atoms with Gasteiger partial charge in [0.15, 0.2) is 18.4 Å². The quantitative estimate of drug-likeness (QED) is 0.212. The molecule has 210 valence electrons. The van der Waals surface area contributed by atoms with E-state index in [1.165, 1.54) is 0 Å². The highest BCUT2D eigenvalue weighted by atomic mass is 16.6. The number of aromatic amines is 2. The monoisotopic (exact) mass is 553 g/mol. The third kappa shape index (κ3) is 6.69. The number of aromatic nitrogens is 4. The Bertz CT molecular complexity index is 1520. The molecule has 0 spiro atoms. The number of ether oxygens (including phenoxy) is 4. The Kier molecular flexibility index (Phi) is 8.43. The first kappa shape index (κ1) is 26.9. The normalized spacial score (nSPS) is 20.4. The van der Waals surface area contributed by atoms with E-state index in [2.05, 4.69) is 25.3 Å². The van der Waals surface area contributed by atoms with Crippen molar-refractivity contribution in [3.05, 3.63) is 114 Å². The van der Waals surface area contributed by atoms with Crippen LogP contribution in [0.1, 0.15) is 16.7 Å². The molecule has 41 heavy (non-hydrogen) atoms. The second-order valence-electron chi connectivity index (χ2n) is 9.85. The molecule has 0 saturated carbocycles. The van der Waals surface area contributed by atoms with Crippen LogP contribution in [-0.2, 0) is 38.8 Å². The van der Waals surface area contributed by atoms with Gasteiger partial charge in [-0.3, -0.25) is 4.98 Å². The number of anilines is 2. The second-order valence-corrected chi connectivity index (χ2v) is 9.85. The highest BCUT2D eigenvalue weighted by Crippen LogP contribution is 2.31. The number of imidazole rings is 1. The summed E-state index contributed by atoms with van der Waals surface area (Å²) in [6.45, 7) is 1.56. The topological polar surface area (TPSA) is 131 Å². The lowest BCUT2D eigenvalue weighted by Gasteiger charge is -2.25. The molecule has 2 aromatic heterocycles. The van der Waals surface area contributed by atoms with Gasteiger partial charge >= 0.3 is 5.65 Å². The highest BCUT2D eigenvalue weighted by molar-refractivity contribution is 5.81. The van der Waals surface area contributed by atoms with E-state index in [-0.39, 0.29) is 5.95 Å². The van der Waals surface area contributed by atoms with Gasteiger partial charge in [0, 0.05) is 0 Å². The third-order valence-corrected chi connectivity index (χ3v) is 6.90. The lowest BCUT2D eigenvalue weighted by atomic mass is 10.1. The molecular weight excluding hydrogens is 520 g/mol. The Labute approximate surface area is 237 Å². The second kappa shape index (κ2) is 12.9. The maximum atomic E-state index is 6.56. The number of nitrogens with one attached hydrogen (secondary N) is 3. The minimum Gasteiger partial charge on any atom is -0.374 e. The van der Waals surface area contributed by atoms with Crippen LogP contribution in [0.25, 0.3) is 11.2 Å². The van der Waals surface area contributed by atoms with Crippen LogP contribution in [0.2, 0.25) is 0 Å². The van der Waals surface area contributed by atoms with Gasteiger partial charge in [-0.2, -0.15) is 4.98 Å². The Morgan fingerprint density at radius 3 is 2.00 bits per heavy atom. The van der Waals surface area contributed by atoms with E-state index in [0.717, 1.165) is 16.7 Å². The van der Waals surface area contributed by atoms with E-state index in [0.29, 0.717) is 43.4 Å². The molecule has 1 fully saturated rings. The van der Waals surface area contributed by atoms with Crippen molar-refractivity contribution in [3.63, 3.8) is 0 Å². The first-order valence-electron chi connectivity index (χ1n) is 13.6. The fourth-order valence-electron chi connectivity index (χ4n) is 4.90. The van der Waals surface area contributed by atoms with Gasteiger partial charge in [-0.1, -0.05) is 96.0 Å². The van der Waals surface area contributed by atoms with Crippen molar-refractivity contribution in [1.82, 2.24) is 15.0 Å². The average molecular weight is 554 g/mol. The summed E-state index contributed by atoms with van der Waals surface area (Å²) in [6, 6.07) is 30.1. The Hall–Kier alpha value is -4.35. The van der Waals surface area contributed by atoms with Gasteiger partial charge in [0.25, 0.3) is 5.95 Å². The number of rotatable bonds is 12. The molecule has 1 aliphatic rings. The molecule has 10 heteroatoms. The molecule has 3 heterocycles. The largest absolute Gasteiger partial charge is 0.374 e. The minimum absolute atomic E-state index is 0.134. The molecule has 5 aromatic rings. The summed E-state index contributed by atoms with van der Waals surface area (Å²) in [5.74, 6) is 0.634. The van der Waals surface area contributed by atoms with Crippen LogP contribution >= 0.6 is 0 Å². The van der Waals surface area contributed by atoms with Gasteiger partial charge < -0.3 is 30.0 Å². The number of nitrogens with two attached hydrogens (primary N) is 1. The van der Waals surface area contributed by atoms with Gasteiger partial charge in [0.1, 0.15) is 18.3 Å². The molecule has 0 unspecified atom stereocenters. The van der Waals surface area contributed by atoms with E-state index < -0.39 is 24.5 Å². The summed E-state index contributed by atoms with van der Waals surface area (Å²) in [4.78, 5) is 14.9. The maximum Gasteiger partial charge on any atom is 0.307 e. The smallest absolute Gasteiger partial charge is 0.307 e. The summed E-state index contributed by atoms with van der Waals surface area (Å²) in [6.07, 6.45) is -0.267. The van der Waals surface area contributed by atoms with Gasteiger partial charge in [-0.25, -0.2) is 4.98 Å². The van der Waals surface area contributed by atoms with Crippen molar-refractivity contribution in [2.45, 2.75) is 44.4 Å². The van der Waals surface area contributed by atoms with Crippen LogP contribution in [0.4, 0.5) is 11.8 Å². The highest BCUT2D eigenvalue weighted by Gasteiger charge is 2.47. The number of nitrogens with zero attached hydrogens (tertiary/aromatic N) is 2. The molecule has 1 saturated heterocycles. The summed E-state index contributed by atoms with van der Waals surface area (Å²) in [5.41, 5.74) is 10.4. The van der Waals surface area contributed by atoms with Crippen molar-refractivity contribution in [1.29, 1.82) is 0 Å². The molecule has 0 bridgehead atoms. The predicted molar refractivity (Wildman–Crippen MR) is 153 cm³/mol. The fourth-order valence-corrected chi connectivity index (χ4v) is 4.90. The van der Waals surface area contributed by atoms with Crippen molar-refractivity contribution in [3.8, 4) is 0 Å². The van der Waals surface area contributed by atoms with E-state index in [9.17, 15) is 0 Å². The van der Waals surface area contributed by atoms with E-state index in [4.69, 9.17) is 24.7 Å². The standard InChI is InChI=1S/C31H32N6O4/c32-31-36-28-25(33-20-34-28)29(37-31)35-30-27(40-18-23-14-8-3-9-15-23)26(39-17-22-12-6-2-7-13-22)24(41-30)19-38-16-21-10-4-1-5-11-21/h1-15,20,24,26-27,30H,16-19H2,(H4,32,33,34,35,36,37)/p+1/t24-,26-,27+,30-/m1/s1. The number of fused-ring (bicyclic) bond motifs is 1. The molecule has 5 N–H and O–H groups in total. The van der Waals surface area contributed by atoms with Gasteiger partial charge in [0.05, 0.1) is 26.4 Å². The summed E-state index contributed by atoms with van der Waals surface area (Å²) in [7, 11) is 0. The Balaban J connectivity index is 1.26. The van der Waals surface area contributed by atoms with Gasteiger partial charge in [-0.05, 0) is 16.7 Å². The van der Waals surface area contributed by atoms with Crippen LogP contribution < -0.4 is 16.0 Å². The van der Waals surface area contributed by atoms with E-state index in [1.54, 1.807) is 6.33 Å². The first-order valence-corrected chi connectivity index (χ1v) is 13.6. The van der Waals surface area contributed by atoms with Gasteiger partial charge in [-0.15, -0.1) is 0 Å². The lowest BCUT2D eigenvalue weighted by molar-refractivity contribution is -0.347. The summed E-state index contributed by atoms with van der Waals surface area (Å²) >= 11 is 0. The van der Waals surface area contributed by atoms with Crippen molar-refractivity contribution >= 4 is 22.9 Å². The molecule has 1 aliphatic heterocycles. The lowest BCUT2D eigenvalue weighted by Crippen LogP contribution is -2.41. The number of H-pyrrole nitrogens is 2. The van der Waals surface area contributed by atoms with Crippen LogP contribution in [0.3, 0.4) is 0 Å². The first-order chi connectivity index (χ1) is 20.2. The molecular formula is C31H33N6O4+. The number of hydrogen-bond donors (Lipinski definition) is 3. The zero-order chi connectivity index (χ0) is 27.9. The zero-order valence-corrected chi connectivity index (χ0v) is 22.5. The number of benzene rings is 3. The van der Waals surface area contributed by atoms with E-state index in [1.807, 2.05) is 91.0 Å². The third-order valence-electron chi connectivity index (χ3n) is 6.90. The maximum absolute atomic E-state index is 6.56. The summed E-state index contributed by atoms with van der Waals surface area (Å²) < 4.78 is 25.7. The molecule has 0 radical (unpaired) electrons. The van der Waals surface area contributed by atoms with Crippen molar-refractivity contribution < 1.29 is 23.9 Å². The van der Waals surface area contributed by atoms with Crippen LogP contribution in [0, 0.1) is 0 Å². The minimum atomic E-state index is -0.606. The molecule has 0 aliphatic carbocycles. The molecule has 3 aromatic carbocycles. The Morgan fingerprint density at radius 1 is 0.780 bits per heavy atom. The zero-order valence-electron chi connectivity index (χ0n) is 22.5. The van der Waals surface area contributed by atoms with Crippen LogP contribution in [-0.4, -0.2) is 46.1 Å². The predicted octanol–water partition coefficient (Wildman–Crippen LogP) is 3.88. The average Bonchev–Trinajstić information content (AvgIpc) is 3.61.